The van der Waals surface area contributed by atoms with Gasteiger partial charge in [0.25, 0.3) is 15.9 Å². The third-order valence-electron chi connectivity index (χ3n) is 4.85. The van der Waals surface area contributed by atoms with E-state index in [9.17, 15) is 13.2 Å². The van der Waals surface area contributed by atoms with Crippen molar-refractivity contribution < 1.29 is 17.9 Å². The van der Waals surface area contributed by atoms with Crippen LogP contribution < -0.4 is 14.8 Å². The fourth-order valence-electron chi connectivity index (χ4n) is 3.25. The minimum Gasteiger partial charge on any atom is -0.492 e. The van der Waals surface area contributed by atoms with E-state index in [0.29, 0.717) is 33.8 Å². The molecule has 0 heterocycles. The summed E-state index contributed by atoms with van der Waals surface area (Å²) >= 11 is 3.44. The molecule has 0 saturated carbocycles. The van der Waals surface area contributed by atoms with Crippen LogP contribution in [0.2, 0.25) is 0 Å². The van der Waals surface area contributed by atoms with Crippen molar-refractivity contribution in [1.29, 1.82) is 0 Å². The van der Waals surface area contributed by atoms with Gasteiger partial charge in [-0.05, 0) is 102 Å². The van der Waals surface area contributed by atoms with Gasteiger partial charge in [-0.3, -0.25) is 9.52 Å². The molecule has 33 heavy (non-hydrogen) atoms. The highest BCUT2D eigenvalue weighted by Gasteiger charge is 2.15. The van der Waals surface area contributed by atoms with Crippen molar-refractivity contribution in [2.24, 2.45) is 0 Å². The maximum Gasteiger partial charge on any atom is 0.261 e. The van der Waals surface area contributed by atoms with Crippen LogP contribution in [-0.2, 0) is 10.0 Å². The Balaban J connectivity index is 1.67. The summed E-state index contributed by atoms with van der Waals surface area (Å²) < 4.78 is 34.4. The molecular formula is C25H27BrN2O4S. The van der Waals surface area contributed by atoms with Crippen molar-refractivity contribution in [3.8, 4) is 5.75 Å². The number of aryl methyl sites for hydroxylation is 2. The fraction of sp³-hybridized carbons (Fsp3) is 0.240. The second-order valence-corrected chi connectivity index (χ2v) is 10.3. The first kappa shape index (κ1) is 24.8. The molecule has 0 fully saturated rings. The molecule has 6 nitrogen and oxygen atoms in total. The number of hydrogen-bond donors (Lipinski definition) is 2. The zero-order valence-corrected chi connectivity index (χ0v) is 21.2. The molecule has 3 aromatic carbocycles. The van der Waals surface area contributed by atoms with E-state index in [1.807, 2.05) is 19.9 Å². The van der Waals surface area contributed by atoms with Crippen LogP contribution in [0, 0.1) is 13.8 Å². The van der Waals surface area contributed by atoms with Crippen LogP contribution in [0.4, 0.5) is 11.4 Å². The lowest BCUT2D eigenvalue weighted by Crippen LogP contribution is -2.14. The largest absolute Gasteiger partial charge is 0.492 e. The van der Waals surface area contributed by atoms with Crippen LogP contribution in [0.15, 0.2) is 70.0 Å². The molecule has 0 aromatic heterocycles. The Labute approximate surface area is 203 Å². The lowest BCUT2D eigenvalue weighted by molar-refractivity contribution is 0.102. The minimum absolute atomic E-state index is 0.107. The molecule has 0 aliphatic carbocycles. The molecule has 0 atom stereocenters. The molecule has 3 aromatic rings. The first-order valence-electron chi connectivity index (χ1n) is 10.6. The number of carbonyl (C=O) groups is 1. The summed E-state index contributed by atoms with van der Waals surface area (Å²) in [6.45, 7) is 6.53. The molecule has 1 amide bonds. The third kappa shape index (κ3) is 6.82. The number of anilines is 2. The van der Waals surface area contributed by atoms with Crippen LogP contribution >= 0.6 is 15.9 Å². The third-order valence-corrected chi connectivity index (χ3v) is 6.86. The van der Waals surface area contributed by atoms with E-state index in [0.717, 1.165) is 24.0 Å². The quantitative estimate of drug-likeness (QED) is 0.318. The highest BCUT2D eigenvalue weighted by atomic mass is 79.9. The van der Waals surface area contributed by atoms with E-state index in [4.69, 9.17) is 4.74 Å². The lowest BCUT2D eigenvalue weighted by atomic mass is 10.1. The van der Waals surface area contributed by atoms with Crippen LogP contribution in [-0.4, -0.2) is 20.9 Å². The van der Waals surface area contributed by atoms with Gasteiger partial charge in [-0.25, -0.2) is 8.42 Å². The van der Waals surface area contributed by atoms with E-state index in [1.54, 1.807) is 42.5 Å². The number of rotatable bonds is 9. The molecular weight excluding hydrogens is 504 g/mol. The second kappa shape index (κ2) is 10.9. The average molecular weight is 531 g/mol. The predicted octanol–water partition coefficient (Wildman–Crippen LogP) is 6.30. The smallest absolute Gasteiger partial charge is 0.261 e. The molecule has 0 bridgehead atoms. The second-order valence-electron chi connectivity index (χ2n) is 7.81. The Morgan fingerprint density at radius 2 is 1.61 bits per heavy atom. The van der Waals surface area contributed by atoms with Crippen molar-refractivity contribution >= 4 is 43.2 Å². The number of sulfonamides is 1. The topological polar surface area (TPSA) is 84.5 Å². The van der Waals surface area contributed by atoms with Crippen LogP contribution in [0.3, 0.4) is 0 Å². The van der Waals surface area contributed by atoms with Gasteiger partial charge in [0.1, 0.15) is 5.75 Å². The van der Waals surface area contributed by atoms with Crippen molar-refractivity contribution in [3.63, 3.8) is 0 Å². The van der Waals surface area contributed by atoms with Gasteiger partial charge in [-0.15, -0.1) is 0 Å². The zero-order chi connectivity index (χ0) is 24.0. The Morgan fingerprint density at radius 3 is 2.21 bits per heavy atom. The number of nitrogens with one attached hydrogen (secondary N) is 2. The summed E-state index contributed by atoms with van der Waals surface area (Å²) in [5.74, 6) is 0.380. The molecule has 3 rings (SSSR count). The lowest BCUT2D eigenvalue weighted by Gasteiger charge is -2.11. The van der Waals surface area contributed by atoms with Gasteiger partial charge in [0, 0.05) is 16.9 Å². The number of halogens is 1. The number of hydrogen-bond acceptors (Lipinski definition) is 4. The van der Waals surface area contributed by atoms with E-state index in [1.165, 1.54) is 12.1 Å². The Kier molecular flexibility index (Phi) is 8.15. The van der Waals surface area contributed by atoms with Gasteiger partial charge in [-0.2, -0.15) is 0 Å². The maximum absolute atomic E-state index is 12.7. The highest BCUT2D eigenvalue weighted by molar-refractivity contribution is 9.10. The Morgan fingerprint density at radius 1 is 0.939 bits per heavy atom. The van der Waals surface area contributed by atoms with Crippen molar-refractivity contribution in [1.82, 2.24) is 0 Å². The molecule has 0 spiro atoms. The molecule has 2 N–H and O–H groups in total. The first-order valence-corrected chi connectivity index (χ1v) is 12.9. The fourth-order valence-corrected chi connectivity index (χ4v) is 4.79. The van der Waals surface area contributed by atoms with Gasteiger partial charge in [0.15, 0.2) is 0 Å². The monoisotopic (exact) mass is 530 g/mol. The summed E-state index contributed by atoms with van der Waals surface area (Å²) in [4.78, 5) is 12.7. The normalized spacial score (nSPS) is 11.2. The molecule has 0 saturated heterocycles. The van der Waals surface area contributed by atoms with Crippen LogP contribution in [0.25, 0.3) is 0 Å². The number of ether oxygens (including phenoxy) is 1. The van der Waals surface area contributed by atoms with E-state index < -0.39 is 10.0 Å². The molecule has 8 heteroatoms. The summed E-state index contributed by atoms with van der Waals surface area (Å²) in [5, 5.41) is 2.78. The summed E-state index contributed by atoms with van der Waals surface area (Å²) in [6.07, 6.45) is 2.00. The zero-order valence-electron chi connectivity index (χ0n) is 18.8. The summed E-state index contributed by atoms with van der Waals surface area (Å²) in [7, 11) is -3.75. The maximum atomic E-state index is 12.7. The average Bonchev–Trinajstić information content (AvgIpc) is 2.74. The Hall–Kier alpha value is -2.84. The number of amides is 1. The molecule has 174 valence electrons. The van der Waals surface area contributed by atoms with E-state index in [2.05, 4.69) is 32.9 Å². The van der Waals surface area contributed by atoms with Gasteiger partial charge >= 0.3 is 0 Å². The molecule has 0 unspecified atom stereocenters. The molecule has 0 aliphatic heterocycles. The predicted molar refractivity (Wildman–Crippen MR) is 136 cm³/mol. The number of benzene rings is 3. The Bertz CT molecular complexity index is 1220. The van der Waals surface area contributed by atoms with Gasteiger partial charge < -0.3 is 10.1 Å². The highest BCUT2D eigenvalue weighted by Crippen LogP contribution is 2.27. The SMILES string of the molecule is CCCCOc1ccc(C(=O)Nc2ccc(S(=O)(=O)Nc3cc(C)cc(C)c3)cc2)cc1Br. The van der Waals surface area contributed by atoms with Gasteiger partial charge in [0.2, 0.25) is 0 Å². The van der Waals surface area contributed by atoms with Crippen molar-refractivity contribution in [2.75, 3.05) is 16.6 Å². The van der Waals surface area contributed by atoms with Gasteiger partial charge in [0.05, 0.1) is 16.0 Å². The van der Waals surface area contributed by atoms with Crippen molar-refractivity contribution in [2.45, 2.75) is 38.5 Å². The van der Waals surface area contributed by atoms with Crippen LogP contribution in [0.5, 0.6) is 5.75 Å². The summed E-state index contributed by atoms with van der Waals surface area (Å²) in [6, 6.07) is 16.7. The van der Waals surface area contributed by atoms with Crippen molar-refractivity contribution in [3.05, 3.63) is 81.8 Å². The number of carbonyl (C=O) groups excluding carboxylic acids is 1. The van der Waals surface area contributed by atoms with Gasteiger partial charge in [-0.1, -0.05) is 19.4 Å². The minimum atomic E-state index is -3.75. The van der Waals surface area contributed by atoms with Crippen LogP contribution in [0.1, 0.15) is 41.3 Å². The van der Waals surface area contributed by atoms with E-state index in [-0.39, 0.29) is 10.8 Å². The molecule has 0 radical (unpaired) electrons. The molecule has 0 aliphatic rings. The number of unbranched alkanes of at least 4 members (excludes halogenated alkanes) is 1. The standard InChI is InChI=1S/C25H27BrN2O4S/c1-4-5-12-32-24-11-6-19(16-23(24)26)25(29)27-20-7-9-22(10-8-20)33(30,31)28-21-14-17(2)13-18(3)15-21/h6-11,13-16,28H,4-5,12H2,1-3H3,(H,27,29). The first-order chi connectivity index (χ1) is 15.7. The summed E-state index contributed by atoms with van der Waals surface area (Å²) in [5.41, 5.74) is 3.40. The van der Waals surface area contributed by atoms with E-state index >= 15 is 0 Å².